The van der Waals surface area contributed by atoms with Crippen molar-refractivity contribution in [1.82, 2.24) is 14.7 Å². The van der Waals surface area contributed by atoms with E-state index < -0.39 is 0 Å². The van der Waals surface area contributed by atoms with Crippen molar-refractivity contribution < 1.29 is 9.59 Å². The molecule has 31 heavy (non-hydrogen) atoms. The molecular weight excluding hydrogens is 454 g/mol. The van der Waals surface area contributed by atoms with Gasteiger partial charge in [0.2, 0.25) is 0 Å². The van der Waals surface area contributed by atoms with E-state index in [9.17, 15) is 9.59 Å². The smallest absolute Gasteiger partial charge is 0.257 e. The number of hydrogen-bond acceptors (Lipinski definition) is 3. The van der Waals surface area contributed by atoms with Gasteiger partial charge in [-0.05, 0) is 57.9 Å². The average molecular weight is 480 g/mol. The number of amides is 1. The number of hydrogen-bond donors (Lipinski definition) is 0. The van der Waals surface area contributed by atoms with Gasteiger partial charge in [-0.2, -0.15) is 5.10 Å². The molecule has 0 saturated carbocycles. The van der Waals surface area contributed by atoms with Gasteiger partial charge in [0.15, 0.2) is 5.78 Å². The first-order valence-electron chi connectivity index (χ1n) is 10.6. The number of benzene rings is 2. The second-order valence-electron chi connectivity index (χ2n) is 8.23. The van der Waals surface area contributed by atoms with E-state index in [1.54, 1.807) is 0 Å². The molecule has 1 amide bonds. The number of carbonyl (C=O) groups is 2. The minimum Gasteiger partial charge on any atom is -0.338 e. The van der Waals surface area contributed by atoms with E-state index >= 15 is 0 Å². The predicted molar refractivity (Wildman–Crippen MR) is 125 cm³/mol. The highest BCUT2D eigenvalue weighted by Crippen LogP contribution is 2.26. The van der Waals surface area contributed by atoms with E-state index in [2.05, 4.69) is 21.0 Å². The molecule has 2 aromatic carbocycles. The zero-order valence-corrected chi connectivity index (χ0v) is 19.6. The summed E-state index contributed by atoms with van der Waals surface area (Å²) in [6.07, 6.45) is 1.38. The van der Waals surface area contributed by atoms with Gasteiger partial charge in [-0.15, -0.1) is 0 Å². The summed E-state index contributed by atoms with van der Waals surface area (Å²) in [6, 6.07) is 15.6. The summed E-state index contributed by atoms with van der Waals surface area (Å²) < 4.78 is 2.82. The number of nitrogens with zero attached hydrogens (tertiary/aromatic N) is 3. The number of piperidine rings is 1. The van der Waals surface area contributed by atoms with Crippen molar-refractivity contribution in [3.63, 3.8) is 0 Å². The van der Waals surface area contributed by atoms with Crippen LogP contribution in [0.25, 0.3) is 5.69 Å². The molecule has 1 aliphatic rings. The summed E-state index contributed by atoms with van der Waals surface area (Å²) in [5.41, 5.74) is 5.05. The van der Waals surface area contributed by atoms with Crippen LogP contribution in [0.5, 0.6) is 0 Å². The fourth-order valence-electron chi connectivity index (χ4n) is 4.24. The van der Waals surface area contributed by atoms with Gasteiger partial charge in [-0.25, -0.2) is 4.68 Å². The molecule has 2 heterocycles. The van der Waals surface area contributed by atoms with Gasteiger partial charge in [-0.3, -0.25) is 9.59 Å². The second kappa shape index (κ2) is 8.79. The van der Waals surface area contributed by atoms with Crippen molar-refractivity contribution in [2.75, 3.05) is 13.1 Å². The maximum atomic E-state index is 13.3. The van der Waals surface area contributed by atoms with Gasteiger partial charge in [0.1, 0.15) is 0 Å². The van der Waals surface area contributed by atoms with Gasteiger partial charge < -0.3 is 4.90 Å². The zero-order valence-electron chi connectivity index (χ0n) is 18.1. The maximum Gasteiger partial charge on any atom is 0.257 e. The van der Waals surface area contributed by atoms with Crippen LogP contribution in [-0.2, 0) is 0 Å². The molecule has 5 nitrogen and oxygen atoms in total. The molecule has 6 heteroatoms. The molecule has 0 spiro atoms. The Kier molecular flexibility index (Phi) is 6.10. The lowest BCUT2D eigenvalue weighted by atomic mass is 9.88. The molecule has 0 bridgehead atoms. The van der Waals surface area contributed by atoms with Crippen LogP contribution in [0.3, 0.4) is 0 Å². The minimum atomic E-state index is -0.0283. The van der Waals surface area contributed by atoms with Crippen LogP contribution in [0.4, 0.5) is 0 Å². The number of likely N-dealkylation sites (tertiary alicyclic amines) is 1. The van der Waals surface area contributed by atoms with Crippen molar-refractivity contribution >= 4 is 27.6 Å². The number of aromatic nitrogens is 2. The third-order valence-electron chi connectivity index (χ3n) is 6.07. The number of rotatable bonds is 4. The molecule has 0 unspecified atom stereocenters. The third kappa shape index (κ3) is 4.35. The van der Waals surface area contributed by atoms with Crippen LogP contribution >= 0.6 is 15.9 Å². The van der Waals surface area contributed by atoms with E-state index in [1.807, 2.05) is 78.9 Å². The minimum absolute atomic E-state index is 0.000374. The quantitative estimate of drug-likeness (QED) is 0.477. The van der Waals surface area contributed by atoms with Crippen molar-refractivity contribution in [3.05, 3.63) is 81.1 Å². The van der Waals surface area contributed by atoms with E-state index in [4.69, 9.17) is 0 Å². The number of ketones is 1. The molecule has 1 fully saturated rings. The summed E-state index contributed by atoms with van der Waals surface area (Å²) >= 11 is 3.45. The monoisotopic (exact) mass is 479 g/mol. The van der Waals surface area contributed by atoms with Crippen LogP contribution in [0.2, 0.25) is 0 Å². The van der Waals surface area contributed by atoms with Crippen LogP contribution in [-0.4, -0.2) is 39.5 Å². The van der Waals surface area contributed by atoms with Gasteiger partial charge in [-0.1, -0.05) is 45.8 Å². The SMILES string of the molecule is Cc1ccc(C(=O)C2CCN(C(=O)c3c(C)nn(-c4ccc(Br)cc4)c3C)CC2)cc1. The van der Waals surface area contributed by atoms with Crippen LogP contribution < -0.4 is 0 Å². The Morgan fingerprint density at radius 1 is 0.935 bits per heavy atom. The van der Waals surface area contributed by atoms with Crippen molar-refractivity contribution in [2.45, 2.75) is 33.6 Å². The topological polar surface area (TPSA) is 55.2 Å². The molecule has 0 atom stereocenters. The summed E-state index contributed by atoms with van der Waals surface area (Å²) in [4.78, 5) is 28.0. The maximum absolute atomic E-state index is 13.3. The van der Waals surface area contributed by atoms with Crippen LogP contribution in [0, 0.1) is 26.7 Å². The Bertz CT molecular complexity index is 1110. The summed E-state index contributed by atoms with van der Waals surface area (Å²) in [6.45, 7) is 7.00. The van der Waals surface area contributed by atoms with Gasteiger partial charge in [0.25, 0.3) is 5.91 Å². The first-order chi connectivity index (χ1) is 14.8. The summed E-state index contributed by atoms with van der Waals surface area (Å²) in [5.74, 6) is 0.154. The number of Topliss-reactive ketones (excluding diaryl/α,β-unsaturated/α-hetero) is 1. The highest BCUT2D eigenvalue weighted by Gasteiger charge is 2.30. The highest BCUT2D eigenvalue weighted by molar-refractivity contribution is 9.10. The Labute approximate surface area is 191 Å². The fourth-order valence-corrected chi connectivity index (χ4v) is 4.51. The molecule has 0 aliphatic carbocycles. The standard InChI is InChI=1S/C25H26BrN3O2/c1-16-4-6-19(7-5-16)24(30)20-12-14-28(15-13-20)25(31)23-17(2)27-29(18(23)3)22-10-8-21(26)9-11-22/h4-11,20H,12-15H2,1-3H3. The lowest BCUT2D eigenvalue weighted by molar-refractivity contribution is 0.0649. The Hall–Kier alpha value is -2.73. The van der Waals surface area contributed by atoms with E-state index in [1.165, 1.54) is 0 Å². The highest BCUT2D eigenvalue weighted by atomic mass is 79.9. The molecule has 160 valence electrons. The average Bonchev–Trinajstić information content (AvgIpc) is 3.08. The number of carbonyl (C=O) groups excluding carboxylic acids is 2. The molecule has 4 rings (SSSR count). The molecule has 1 aliphatic heterocycles. The second-order valence-corrected chi connectivity index (χ2v) is 9.15. The zero-order chi connectivity index (χ0) is 22.1. The van der Waals surface area contributed by atoms with E-state index in [-0.39, 0.29) is 17.6 Å². The first-order valence-corrected chi connectivity index (χ1v) is 11.4. The molecule has 0 radical (unpaired) electrons. The van der Waals surface area contributed by atoms with Crippen molar-refractivity contribution in [3.8, 4) is 5.69 Å². The third-order valence-corrected chi connectivity index (χ3v) is 6.59. The van der Waals surface area contributed by atoms with Crippen LogP contribution in [0.1, 0.15) is 50.5 Å². The van der Waals surface area contributed by atoms with Crippen molar-refractivity contribution in [2.24, 2.45) is 5.92 Å². The number of aryl methyl sites for hydroxylation is 2. The largest absolute Gasteiger partial charge is 0.338 e. The van der Waals surface area contributed by atoms with E-state index in [0.29, 0.717) is 31.5 Å². The molecular formula is C25H26BrN3O2. The van der Waals surface area contributed by atoms with Crippen molar-refractivity contribution in [1.29, 1.82) is 0 Å². The number of halogens is 1. The van der Waals surface area contributed by atoms with Gasteiger partial charge in [0.05, 0.1) is 22.6 Å². The lowest BCUT2D eigenvalue weighted by Crippen LogP contribution is -2.40. The molecule has 3 aromatic rings. The Morgan fingerprint density at radius 3 is 2.16 bits per heavy atom. The lowest BCUT2D eigenvalue weighted by Gasteiger charge is -2.31. The Balaban J connectivity index is 1.47. The molecule has 1 saturated heterocycles. The molecule has 1 aromatic heterocycles. The first kappa shape index (κ1) is 21.5. The predicted octanol–water partition coefficient (Wildman–Crippen LogP) is 5.30. The van der Waals surface area contributed by atoms with Gasteiger partial charge in [0, 0.05) is 29.0 Å². The van der Waals surface area contributed by atoms with Crippen LogP contribution in [0.15, 0.2) is 53.0 Å². The fraction of sp³-hybridized carbons (Fsp3) is 0.320. The molecule has 0 N–H and O–H groups in total. The normalized spacial score (nSPS) is 14.6. The summed E-state index contributed by atoms with van der Waals surface area (Å²) in [7, 11) is 0. The summed E-state index contributed by atoms with van der Waals surface area (Å²) in [5, 5.41) is 4.62. The van der Waals surface area contributed by atoms with Gasteiger partial charge >= 0.3 is 0 Å². The van der Waals surface area contributed by atoms with E-state index in [0.717, 1.165) is 32.7 Å². The Morgan fingerprint density at radius 2 is 1.55 bits per heavy atom.